The number of anilines is 1. The van der Waals surface area contributed by atoms with Crippen LogP contribution in [0.25, 0.3) is 0 Å². The summed E-state index contributed by atoms with van der Waals surface area (Å²) in [5.74, 6) is 0.0945. The fourth-order valence-electron chi connectivity index (χ4n) is 1.10. The SMILES string of the molecule is Nc1ccc(SCCS(=O)(=O)NCC(F)F)cc1. The summed E-state index contributed by atoms with van der Waals surface area (Å²) in [6.07, 6.45) is -2.68. The summed E-state index contributed by atoms with van der Waals surface area (Å²) in [5.41, 5.74) is 6.14. The zero-order valence-corrected chi connectivity index (χ0v) is 11.1. The van der Waals surface area contributed by atoms with Gasteiger partial charge in [-0.1, -0.05) is 0 Å². The Labute approximate surface area is 109 Å². The number of alkyl halides is 2. The third-order valence-electron chi connectivity index (χ3n) is 1.96. The minimum Gasteiger partial charge on any atom is -0.399 e. The standard InChI is InChI=1S/C10H14F2N2O2S2/c11-10(12)7-14-18(15,16)6-5-17-9-3-1-8(13)2-4-9/h1-4,10,14H,5-7,13H2. The van der Waals surface area contributed by atoms with Gasteiger partial charge in [0, 0.05) is 16.3 Å². The van der Waals surface area contributed by atoms with Gasteiger partial charge in [0.1, 0.15) is 0 Å². The van der Waals surface area contributed by atoms with E-state index in [1.807, 2.05) is 4.72 Å². The highest BCUT2D eigenvalue weighted by Gasteiger charge is 2.12. The van der Waals surface area contributed by atoms with Gasteiger partial charge in [-0.3, -0.25) is 0 Å². The Morgan fingerprint density at radius 2 is 1.89 bits per heavy atom. The largest absolute Gasteiger partial charge is 0.399 e. The Hall–Kier alpha value is -0.860. The molecule has 0 aliphatic heterocycles. The van der Waals surface area contributed by atoms with E-state index in [2.05, 4.69) is 0 Å². The van der Waals surface area contributed by atoms with Crippen LogP contribution in [0, 0.1) is 0 Å². The summed E-state index contributed by atoms with van der Waals surface area (Å²) in [6.45, 7) is -0.838. The Morgan fingerprint density at radius 1 is 1.28 bits per heavy atom. The molecule has 0 atom stereocenters. The maximum absolute atomic E-state index is 11.8. The summed E-state index contributed by atoms with van der Waals surface area (Å²) < 4.78 is 48.1. The van der Waals surface area contributed by atoms with Crippen LogP contribution < -0.4 is 10.5 Å². The molecule has 0 amide bonds. The second kappa shape index (κ2) is 6.91. The molecule has 18 heavy (non-hydrogen) atoms. The second-order valence-corrected chi connectivity index (χ2v) is 6.57. The van der Waals surface area contributed by atoms with Gasteiger partial charge in [0.05, 0.1) is 12.3 Å². The molecule has 0 fully saturated rings. The molecule has 0 aromatic heterocycles. The third-order valence-corrected chi connectivity index (χ3v) is 4.58. The Balaban J connectivity index is 2.34. The lowest BCUT2D eigenvalue weighted by Gasteiger charge is -2.06. The van der Waals surface area contributed by atoms with Gasteiger partial charge in [-0.05, 0) is 24.3 Å². The molecule has 0 heterocycles. The Morgan fingerprint density at radius 3 is 2.44 bits per heavy atom. The molecule has 0 unspecified atom stereocenters. The first-order chi connectivity index (χ1) is 8.39. The van der Waals surface area contributed by atoms with Gasteiger partial charge in [0.25, 0.3) is 6.43 Å². The van der Waals surface area contributed by atoms with E-state index >= 15 is 0 Å². The molecular formula is C10H14F2N2O2S2. The van der Waals surface area contributed by atoms with E-state index in [0.717, 1.165) is 4.90 Å². The van der Waals surface area contributed by atoms with Crippen molar-refractivity contribution in [3.63, 3.8) is 0 Å². The lowest BCUT2D eigenvalue weighted by Crippen LogP contribution is -2.31. The van der Waals surface area contributed by atoms with Gasteiger partial charge < -0.3 is 5.73 Å². The molecule has 102 valence electrons. The van der Waals surface area contributed by atoms with Crippen molar-refractivity contribution in [1.29, 1.82) is 0 Å². The molecule has 0 spiro atoms. The number of halogens is 2. The van der Waals surface area contributed by atoms with E-state index in [0.29, 0.717) is 11.4 Å². The molecule has 0 aliphatic carbocycles. The normalized spacial score (nSPS) is 11.9. The molecule has 1 rings (SSSR count). The van der Waals surface area contributed by atoms with Crippen LogP contribution in [0.1, 0.15) is 0 Å². The minimum absolute atomic E-state index is 0.200. The van der Waals surface area contributed by atoms with Crippen LogP contribution >= 0.6 is 11.8 Å². The fourth-order valence-corrected chi connectivity index (χ4v) is 3.39. The highest BCUT2D eigenvalue weighted by atomic mass is 32.2. The van der Waals surface area contributed by atoms with Crippen LogP contribution in [0.5, 0.6) is 0 Å². The van der Waals surface area contributed by atoms with Gasteiger partial charge in [0.2, 0.25) is 10.0 Å². The molecule has 0 aliphatic rings. The average molecular weight is 296 g/mol. The van der Waals surface area contributed by atoms with Crippen molar-refractivity contribution in [3.05, 3.63) is 24.3 Å². The van der Waals surface area contributed by atoms with Crippen molar-refractivity contribution in [2.75, 3.05) is 23.8 Å². The van der Waals surface area contributed by atoms with Crippen molar-refractivity contribution in [2.24, 2.45) is 0 Å². The molecule has 0 radical (unpaired) electrons. The van der Waals surface area contributed by atoms with Crippen LogP contribution in [-0.2, 0) is 10.0 Å². The number of hydrogen-bond acceptors (Lipinski definition) is 4. The fraction of sp³-hybridized carbons (Fsp3) is 0.400. The van der Waals surface area contributed by atoms with Gasteiger partial charge in [0.15, 0.2) is 0 Å². The molecule has 1 aromatic rings. The summed E-state index contributed by atoms with van der Waals surface area (Å²) in [4.78, 5) is 0.883. The van der Waals surface area contributed by atoms with Crippen LogP contribution in [0.3, 0.4) is 0 Å². The number of nitrogen functional groups attached to an aromatic ring is 1. The van der Waals surface area contributed by atoms with Crippen molar-refractivity contribution in [2.45, 2.75) is 11.3 Å². The van der Waals surface area contributed by atoms with Crippen LogP contribution in [0.4, 0.5) is 14.5 Å². The smallest absolute Gasteiger partial charge is 0.251 e. The average Bonchev–Trinajstić information content (AvgIpc) is 2.29. The summed E-state index contributed by atoms with van der Waals surface area (Å²) in [7, 11) is -3.63. The number of thioether (sulfide) groups is 1. The van der Waals surface area contributed by atoms with E-state index in [4.69, 9.17) is 5.73 Å². The highest BCUT2D eigenvalue weighted by Crippen LogP contribution is 2.19. The van der Waals surface area contributed by atoms with Gasteiger partial charge in [-0.2, -0.15) is 0 Å². The molecule has 3 N–H and O–H groups in total. The van der Waals surface area contributed by atoms with Crippen molar-refractivity contribution < 1.29 is 17.2 Å². The number of benzene rings is 1. The van der Waals surface area contributed by atoms with Crippen molar-refractivity contribution in [1.82, 2.24) is 4.72 Å². The number of sulfonamides is 1. The minimum atomic E-state index is -3.63. The predicted molar refractivity (Wildman–Crippen MR) is 69.4 cm³/mol. The topological polar surface area (TPSA) is 72.2 Å². The number of nitrogens with two attached hydrogens (primary N) is 1. The Kier molecular flexibility index (Phi) is 5.83. The monoisotopic (exact) mass is 296 g/mol. The summed E-state index contributed by atoms with van der Waals surface area (Å²) in [5, 5.41) is 0. The van der Waals surface area contributed by atoms with E-state index in [9.17, 15) is 17.2 Å². The highest BCUT2D eigenvalue weighted by molar-refractivity contribution is 8.00. The Bertz CT molecular complexity index is 463. The zero-order chi connectivity index (χ0) is 13.6. The predicted octanol–water partition coefficient (Wildman–Crippen LogP) is 1.55. The molecular weight excluding hydrogens is 282 g/mol. The van der Waals surface area contributed by atoms with Crippen LogP contribution in [0.15, 0.2) is 29.2 Å². The first-order valence-corrected chi connectivity index (χ1v) is 7.77. The zero-order valence-electron chi connectivity index (χ0n) is 9.47. The first-order valence-electron chi connectivity index (χ1n) is 5.13. The number of nitrogens with one attached hydrogen (secondary N) is 1. The molecule has 0 saturated heterocycles. The van der Waals surface area contributed by atoms with Gasteiger partial charge >= 0.3 is 0 Å². The lowest BCUT2D eigenvalue weighted by molar-refractivity contribution is 0.153. The first kappa shape index (κ1) is 15.2. The van der Waals surface area contributed by atoms with E-state index in [1.165, 1.54) is 11.8 Å². The molecule has 1 aromatic carbocycles. The summed E-state index contributed by atoms with van der Waals surface area (Å²) in [6, 6.07) is 6.98. The maximum atomic E-state index is 11.8. The van der Waals surface area contributed by atoms with Crippen LogP contribution in [-0.4, -0.2) is 32.9 Å². The van der Waals surface area contributed by atoms with Crippen molar-refractivity contribution in [3.8, 4) is 0 Å². The molecule has 0 bridgehead atoms. The molecule has 4 nitrogen and oxygen atoms in total. The van der Waals surface area contributed by atoms with Gasteiger partial charge in [-0.25, -0.2) is 21.9 Å². The number of rotatable bonds is 7. The van der Waals surface area contributed by atoms with E-state index < -0.39 is 23.0 Å². The van der Waals surface area contributed by atoms with Gasteiger partial charge in [-0.15, -0.1) is 11.8 Å². The van der Waals surface area contributed by atoms with Crippen molar-refractivity contribution >= 4 is 27.5 Å². The lowest BCUT2D eigenvalue weighted by atomic mass is 10.3. The number of hydrogen-bond donors (Lipinski definition) is 2. The van der Waals surface area contributed by atoms with E-state index in [-0.39, 0.29) is 5.75 Å². The summed E-state index contributed by atoms with van der Waals surface area (Å²) >= 11 is 1.33. The second-order valence-electron chi connectivity index (χ2n) is 3.48. The van der Waals surface area contributed by atoms with Crippen LogP contribution in [0.2, 0.25) is 0 Å². The maximum Gasteiger partial charge on any atom is 0.251 e. The molecule has 0 saturated carbocycles. The van der Waals surface area contributed by atoms with E-state index in [1.54, 1.807) is 24.3 Å². The third kappa shape index (κ3) is 6.18. The molecule has 8 heteroatoms. The quantitative estimate of drug-likeness (QED) is 0.591.